The summed E-state index contributed by atoms with van der Waals surface area (Å²) in [7, 11) is 1.39. The van der Waals surface area contributed by atoms with E-state index < -0.39 is 10.8 Å². The molecule has 1 aromatic heterocycles. The molecule has 9 nitrogen and oxygen atoms in total. The van der Waals surface area contributed by atoms with Gasteiger partial charge < -0.3 is 15.4 Å². The number of anilines is 2. The van der Waals surface area contributed by atoms with E-state index in [1.807, 2.05) is 0 Å². The van der Waals surface area contributed by atoms with Crippen LogP contribution in [-0.4, -0.2) is 28.8 Å². The summed E-state index contributed by atoms with van der Waals surface area (Å²) >= 11 is 1.27. The Balaban J connectivity index is 1.92. The summed E-state index contributed by atoms with van der Waals surface area (Å²) < 4.78 is 4.92. The van der Waals surface area contributed by atoms with E-state index in [-0.39, 0.29) is 30.1 Å². The number of methoxy groups -OCH3 is 1. The van der Waals surface area contributed by atoms with Gasteiger partial charge in [0.25, 0.3) is 5.69 Å². The van der Waals surface area contributed by atoms with Gasteiger partial charge in [-0.25, -0.2) is 4.98 Å². The Bertz CT molecular complexity index is 748. The number of nitro groups is 1. The molecule has 2 N–H and O–H groups in total. The quantitative estimate of drug-likeness (QED) is 0.584. The van der Waals surface area contributed by atoms with Crippen LogP contribution in [0.4, 0.5) is 16.5 Å². The van der Waals surface area contributed by atoms with Crippen LogP contribution in [0.5, 0.6) is 5.75 Å². The zero-order chi connectivity index (χ0) is 17.5. The number of hydrogen-bond donors (Lipinski definition) is 2. The fourth-order valence-corrected chi connectivity index (χ4v) is 2.35. The molecule has 0 saturated heterocycles. The molecule has 2 aromatic rings. The number of ether oxygens (including phenoxy) is 1. The highest BCUT2D eigenvalue weighted by Crippen LogP contribution is 2.29. The van der Waals surface area contributed by atoms with Crippen LogP contribution in [-0.2, 0) is 9.59 Å². The molecule has 0 saturated carbocycles. The monoisotopic (exact) mass is 350 g/mol. The fraction of sp³-hybridized carbons (Fsp3) is 0.214. The van der Waals surface area contributed by atoms with Gasteiger partial charge in [0.15, 0.2) is 5.13 Å². The number of carbonyl (C=O) groups is 2. The second-order valence-corrected chi connectivity index (χ2v) is 5.47. The lowest BCUT2D eigenvalue weighted by molar-refractivity contribution is -0.384. The van der Waals surface area contributed by atoms with E-state index in [9.17, 15) is 19.7 Å². The first-order valence-electron chi connectivity index (χ1n) is 6.81. The van der Waals surface area contributed by atoms with E-state index in [1.165, 1.54) is 36.6 Å². The van der Waals surface area contributed by atoms with Crippen molar-refractivity contribution in [2.75, 3.05) is 17.7 Å². The minimum absolute atomic E-state index is 0.0473. The van der Waals surface area contributed by atoms with Crippen molar-refractivity contribution in [2.24, 2.45) is 0 Å². The van der Waals surface area contributed by atoms with Crippen LogP contribution in [0.2, 0.25) is 0 Å². The highest BCUT2D eigenvalue weighted by atomic mass is 32.1. The maximum absolute atomic E-state index is 11.9. The molecule has 0 unspecified atom stereocenters. The zero-order valence-electron chi connectivity index (χ0n) is 12.6. The maximum atomic E-state index is 11.9. The highest BCUT2D eigenvalue weighted by molar-refractivity contribution is 7.13. The van der Waals surface area contributed by atoms with Crippen molar-refractivity contribution in [3.05, 3.63) is 39.9 Å². The molecular weight excluding hydrogens is 336 g/mol. The average Bonchev–Trinajstić information content (AvgIpc) is 3.06. The standard InChI is InChI=1S/C14H14N4O5S/c1-23-9-2-3-10(11(8-9)18(21)22)16-12(19)4-5-13(20)17-14-15-6-7-24-14/h2-3,6-8H,4-5H2,1H3,(H,16,19)(H,15,17,20). The molecule has 0 spiro atoms. The second kappa shape index (κ2) is 8.02. The van der Waals surface area contributed by atoms with Gasteiger partial charge >= 0.3 is 0 Å². The van der Waals surface area contributed by atoms with Crippen LogP contribution in [0.3, 0.4) is 0 Å². The normalized spacial score (nSPS) is 10.0. The van der Waals surface area contributed by atoms with Crippen molar-refractivity contribution in [1.29, 1.82) is 0 Å². The lowest BCUT2D eigenvalue weighted by Crippen LogP contribution is -2.17. The van der Waals surface area contributed by atoms with Gasteiger partial charge in [-0.05, 0) is 12.1 Å². The van der Waals surface area contributed by atoms with Gasteiger partial charge in [-0.15, -0.1) is 11.3 Å². The van der Waals surface area contributed by atoms with Crippen molar-refractivity contribution in [1.82, 2.24) is 4.98 Å². The van der Waals surface area contributed by atoms with Crippen LogP contribution >= 0.6 is 11.3 Å². The van der Waals surface area contributed by atoms with Gasteiger partial charge in [-0.2, -0.15) is 0 Å². The molecule has 0 aliphatic rings. The lowest BCUT2D eigenvalue weighted by Gasteiger charge is -2.07. The van der Waals surface area contributed by atoms with Gasteiger partial charge in [0, 0.05) is 24.4 Å². The molecule has 2 amide bonds. The van der Waals surface area contributed by atoms with Crippen molar-refractivity contribution in [3.8, 4) is 5.75 Å². The van der Waals surface area contributed by atoms with Gasteiger partial charge in [0.2, 0.25) is 11.8 Å². The molecule has 126 valence electrons. The molecular formula is C14H14N4O5S. The number of nitrogens with zero attached hydrogens (tertiary/aromatic N) is 2. The number of thiazole rings is 1. The highest BCUT2D eigenvalue weighted by Gasteiger charge is 2.17. The van der Waals surface area contributed by atoms with Crippen LogP contribution < -0.4 is 15.4 Å². The van der Waals surface area contributed by atoms with Crippen molar-refractivity contribution in [3.63, 3.8) is 0 Å². The summed E-state index contributed by atoms with van der Waals surface area (Å²) in [5, 5.41) is 18.2. The van der Waals surface area contributed by atoms with Gasteiger partial charge in [-0.1, -0.05) is 0 Å². The minimum atomic E-state index is -0.618. The van der Waals surface area contributed by atoms with E-state index in [0.717, 1.165) is 0 Å². The Labute approximate surface area is 140 Å². The van der Waals surface area contributed by atoms with Crippen molar-refractivity contribution in [2.45, 2.75) is 12.8 Å². The van der Waals surface area contributed by atoms with E-state index >= 15 is 0 Å². The SMILES string of the molecule is COc1ccc(NC(=O)CCC(=O)Nc2nccs2)c([N+](=O)[O-])c1. The Morgan fingerprint density at radius 2 is 2.00 bits per heavy atom. The predicted octanol–water partition coefficient (Wildman–Crippen LogP) is 2.42. The van der Waals surface area contributed by atoms with Crippen molar-refractivity contribution < 1.29 is 19.2 Å². The first-order chi connectivity index (χ1) is 11.5. The number of benzene rings is 1. The summed E-state index contributed by atoms with van der Waals surface area (Å²) in [4.78, 5) is 37.9. The van der Waals surface area contributed by atoms with Crippen LogP contribution in [0.25, 0.3) is 0 Å². The summed E-state index contributed by atoms with van der Waals surface area (Å²) in [6.07, 6.45) is 1.38. The molecule has 0 fully saturated rings. The maximum Gasteiger partial charge on any atom is 0.296 e. The summed E-state index contributed by atoms with van der Waals surface area (Å²) in [5.74, 6) is -0.551. The van der Waals surface area contributed by atoms with Crippen molar-refractivity contribution >= 4 is 39.7 Å². The number of carbonyl (C=O) groups excluding carboxylic acids is 2. The third kappa shape index (κ3) is 4.74. The molecule has 0 atom stereocenters. The third-order valence-electron chi connectivity index (χ3n) is 2.93. The van der Waals surface area contributed by atoms with Crippen LogP contribution in [0, 0.1) is 10.1 Å². The Morgan fingerprint density at radius 1 is 1.29 bits per heavy atom. The molecule has 1 heterocycles. The molecule has 0 radical (unpaired) electrons. The summed E-state index contributed by atoms with van der Waals surface area (Å²) in [5.41, 5.74) is -0.235. The number of rotatable bonds is 7. The molecule has 2 rings (SSSR count). The van der Waals surface area contributed by atoms with Crippen LogP contribution in [0.1, 0.15) is 12.8 Å². The average molecular weight is 350 g/mol. The first kappa shape index (κ1) is 17.3. The molecule has 0 aliphatic carbocycles. The number of aromatic nitrogens is 1. The number of amides is 2. The third-order valence-corrected chi connectivity index (χ3v) is 3.62. The Hall–Kier alpha value is -3.01. The summed E-state index contributed by atoms with van der Waals surface area (Å²) in [6.45, 7) is 0. The zero-order valence-corrected chi connectivity index (χ0v) is 13.5. The number of nitro benzene ring substituents is 1. The van der Waals surface area contributed by atoms with Gasteiger partial charge in [-0.3, -0.25) is 19.7 Å². The smallest absolute Gasteiger partial charge is 0.296 e. The molecule has 24 heavy (non-hydrogen) atoms. The second-order valence-electron chi connectivity index (χ2n) is 4.57. The predicted molar refractivity (Wildman–Crippen MR) is 88.3 cm³/mol. The topological polar surface area (TPSA) is 123 Å². The molecule has 1 aromatic carbocycles. The molecule has 0 bridgehead atoms. The van der Waals surface area contributed by atoms with E-state index in [4.69, 9.17) is 4.74 Å². The molecule has 10 heteroatoms. The molecule has 0 aliphatic heterocycles. The van der Waals surface area contributed by atoms with Gasteiger partial charge in [0.1, 0.15) is 11.4 Å². The van der Waals surface area contributed by atoms with Crippen LogP contribution in [0.15, 0.2) is 29.8 Å². The lowest BCUT2D eigenvalue weighted by atomic mass is 10.2. The first-order valence-corrected chi connectivity index (χ1v) is 7.69. The largest absolute Gasteiger partial charge is 0.496 e. The minimum Gasteiger partial charge on any atom is -0.496 e. The Kier molecular flexibility index (Phi) is 5.79. The van der Waals surface area contributed by atoms with Gasteiger partial charge in [0.05, 0.1) is 18.1 Å². The fourth-order valence-electron chi connectivity index (χ4n) is 1.80. The number of nitrogens with one attached hydrogen (secondary N) is 2. The summed E-state index contributed by atoms with van der Waals surface area (Å²) in [6, 6.07) is 4.09. The number of hydrogen-bond acceptors (Lipinski definition) is 7. The van der Waals surface area contributed by atoms with E-state index in [0.29, 0.717) is 10.9 Å². The van der Waals surface area contributed by atoms with E-state index in [1.54, 1.807) is 11.6 Å². The van der Waals surface area contributed by atoms with E-state index in [2.05, 4.69) is 15.6 Å². The Morgan fingerprint density at radius 3 is 2.58 bits per heavy atom.